The summed E-state index contributed by atoms with van der Waals surface area (Å²) in [6.07, 6.45) is -0.125. The molecule has 0 aliphatic carbocycles. The normalized spacial score (nSPS) is 24.6. The Morgan fingerprint density at radius 1 is 1.24 bits per heavy atom. The van der Waals surface area contributed by atoms with Crippen LogP contribution in [-0.4, -0.2) is 61.7 Å². The van der Waals surface area contributed by atoms with Crippen LogP contribution in [0.4, 0.5) is 0 Å². The van der Waals surface area contributed by atoms with Gasteiger partial charge in [-0.15, -0.1) is 0 Å². The van der Waals surface area contributed by atoms with Crippen molar-refractivity contribution in [1.29, 1.82) is 0 Å². The molecule has 0 spiro atoms. The number of β-amino-alcohol motifs (C(OH)–C–C–N with tert-alkyl or cyclic N) is 1. The molecule has 1 saturated heterocycles. The summed E-state index contributed by atoms with van der Waals surface area (Å²) in [5.74, 6) is 1.33. The minimum atomic E-state index is -0.535. The Hall–Kier alpha value is -1.30. The average molecular weight is 295 g/mol. The van der Waals surface area contributed by atoms with Gasteiger partial charge in [-0.1, -0.05) is 12.1 Å². The van der Waals surface area contributed by atoms with Crippen LogP contribution in [0.2, 0.25) is 0 Å². The number of ether oxygens (including phenoxy) is 3. The van der Waals surface area contributed by atoms with Gasteiger partial charge in [0.1, 0.15) is 12.7 Å². The van der Waals surface area contributed by atoms with Crippen LogP contribution in [0.1, 0.15) is 13.8 Å². The number of benzene rings is 1. The van der Waals surface area contributed by atoms with Crippen LogP contribution in [0.15, 0.2) is 24.3 Å². The zero-order valence-electron chi connectivity index (χ0n) is 13.0. The molecule has 0 saturated carbocycles. The Labute approximate surface area is 126 Å². The number of methoxy groups -OCH3 is 1. The van der Waals surface area contributed by atoms with E-state index in [0.29, 0.717) is 18.0 Å². The highest BCUT2D eigenvalue weighted by Crippen LogP contribution is 2.25. The van der Waals surface area contributed by atoms with Gasteiger partial charge >= 0.3 is 0 Å². The fraction of sp³-hybridized carbons (Fsp3) is 0.625. The van der Waals surface area contributed by atoms with E-state index < -0.39 is 6.10 Å². The van der Waals surface area contributed by atoms with E-state index in [2.05, 4.69) is 18.7 Å². The van der Waals surface area contributed by atoms with E-state index in [1.165, 1.54) is 0 Å². The lowest BCUT2D eigenvalue weighted by atomic mass is 10.2. The van der Waals surface area contributed by atoms with Crippen molar-refractivity contribution in [2.45, 2.75) is 32.2 Å². The molecule has 0 amide bonds. The van der Waals surface area contributed by atoms with E-state index in [4.69, 9.17) is 14.2 Å². The van der Waals surface area contributed by atoms with Gasteiger partial charge in [0.25, 0.3) is 0 Å². The molecule has 1 heterocycles. The van der Waals surface area contributed by atoms with Crippen LogP contribution in [0.5, 0.6) is 11.5 Å². The van der Waals surface area contributed by atoms with Crippen LogP contribution in [-0.2, 0) is 4.74 Å². The topological polar surface area (TPSA) is 51.2 Å². The zero-order valence-corrected chi connectivity index (χ0v) is 13.0. The first kappa shape index (κ1) is 16.1. The number of morpholine rings is 1. The molecule has 3 atom stereocenters. The summed E-state index contributed by atoms with van der Waals surface area (Å²) in [5, 5.41) is 10.2. The van der Waals surface area contributed by atoms with Crippen molar-refractivity contribution in [1.82, 2.24) is 4.90 Å². The summed E-state index contributed by atoms with van der Waals surface area (Å²) < 4.78 is 16.6. The minimum Gasteiger partial charge on any atom is -0.493 e. The number of para-hydroxylation sites is 2. The maximum Gasteiger partial charge on any atom is 0.161 e. The molecule has 0 unspecified atom stereocenters. The van der Waals surface area contributed by atoms with Crippen molar-refractivity contribution in [3.63, 3.8) is 0 Å². The molecule has 5 heteroatoms. The average Bonchev–Trinajstić information content (AvgIpc) is 2.44. The molecule has 1 aliphatic heterocycles. The summed E-state index contributed by atoms with van der Waals surface area (Å²) in [6.45, 7) is 6.64. The van der Waals surface area contributed by atoms with Crippen LogP contribution in [0.3, 0.4) is 0 Å². The van der Waals surface area contributed by atoms with Gasteiger partial charge in [-0.25, -0.2) is 0 Å². The molecular weight excluding hydrogens is 270 g/mol. The van der Waals surface area contributed by atoms with Crippen molar-refractivity contribution in [2.24, 2.45) is 0 Å². The van der Waals surface area contributed by atoms with E-state index in [0.717, 1.165) is 13.1 Å². The number of aliphatic hydroxyl groups is 1. The molecule has 2 rings (SSSR count). The van der Waals surface area contributed by atoms with E-state index in [9.17, 15) is 5.11 Å². The highest BCUT2D eigenvalue weighted by atomic mass is 16.5. The van der Waals surface area contributed by atoms with Gasteiger partial charge in [0.2, 0.25) is 0 Å². The zero-order chi connectivity index (χ0) is 15.2. The number of rotatable bonds is 6. The van der Waals surface area contributed by atoms with Gasteiger partial charge in [0, 0.05) is 19.6 Å². The third-order valence-electron chi connectivity index (χ3n) is 3.46. The second kappa shape index (κ2) is 7.64. The van der Waals surface area contributed by atoms with Crippen molar-refractivity contribution in [3.05, 3.63) is 24.3 Å². The van der Waals surface area contributed by atoms with Crippen molar-refractivity contribution in [2.75, 3.05) is 33.4 Å². The molecule has 1 aromatic rings. The number of hydrogen-bond donors (Lipinski definition) is 1. The maximum absolute atomic E-state index is 10.2. The lowest BCUT2D eigenvalue weighted by molar-refractivity contribution is -0.0787. The SMILES string of the molecule is COc1ccccc1OC[C@H](O)CN1C[C@@H](C)O[C@@H](C)C1. The lowest BCUT2D eigenvalue weighted by Gasteiger charge is -2.36. The molecule has 21 heavy (non-hydrogen) atoms. The molecule has 1 fully saturated rings. The molecule has 1 N–H and O–H groups in total. The molecule has 5 nitrogen and oxygen atoms in total. The van der Waals surface area contributed by atoms with Crippen molar-refractivity contribution >= 4 is 0 Å². The summed E-state index contributed by atoms with van der Waals surface area (Å²) in [5.41, 5.74) is 0. The molecule has 1 aromatic carbocycles. The van der Waals surface area contributed by atoms with Gasteiger partial charge in [0.05, 0.1) is 19.3 Å². The highest BCUT2D eigenvalue weighted by molar-refractivity contribution is 5.39. The van der Waals surface area contributed by atoms with Gasteiger partial charge < -0.3 is 19.3 Å². The van der Waals surface area contributed by atoms with Crippen LogP contribution >= 0.6 is 0 Å². The van der Waals surface area contributed by atoms with Crippen LogP contribution < -0.4 is 9.47 Å². The second-order valence-electron chi connectivity index (χ2n) is 5.59. The third kappa shape index (κ3) is 4.88. The Morgan fingerprint density at radius 3 is 2.48 bits per heavy atom. The predicted octanol–water partition coefficient (Wildman–Crippen LogP) is 1.54. The lowest BCUT2D eigenvalue weighted by Crippen LogP contribution is -2.48. The van der Waals surface area contributed by atoms with E-state index in [1.807, 2.05) is 24.3 Å². The van der Waals surface area contributed by atoms with Gasteiger partial charge in [0.15, 0.2) is 11.5 Å². The van der Waals surface area contributed by atoms with Crippen molar-refractivity contribution in [3.8, 4) is 11.5 Å². The van der Waals surface area contributed by atoms with E-state index >= 15 is 0 Å². The van der Waals surface area contributed by atoms with Gasteiger partial charge in [-0.2, -0.15) is 0 Å². The monoisotopic (exact) mass is 295 g/mol. The van der Waals surface area contributed by atoms with E-state index in [1.54, 1.807) is 7.11 Å². The highest BCUT2D eigenvalue weighted by Gasteiger charge is 2.24. The van der Waals surface area contributed by atoms with Gasteiger partial charge in [-0.05, 0) is 26.0 Å². The van der Waals surface area contributed by atoms with Gasteiger partial charge in [-0.3, -0.25) is 4.90 Å². The molecular formula is C16H25NO4. The van der Waals surface area contributed by atoms with Crippen LogP contribution in [0.25, 0.3) is 0 Å². The Morgan fingerprint density at radius 2 is 1.86 bits per heavy atom. The quantitative estimate of drug-likeness (QED) is 0.863. The Kier molecular flexibility index (Phi) is 5.85. The standard InChI is InChI=1S/C16H25NO4/c1-12-8-17(9-13(2)21-12)10-14(18)11-20-16-7-5-4-6-15(16)19-3/h4-7,12-14,18H,8-11H2,1-3H3/t12-,13+,14-/m1/s1. The van der Waals surface area contributed by atoms with Crippen molar-refractivity contribution < 1.29 is 19.3 Å². The first-order valence-corrected chi connectivity index (χ1v) is 7.40. The minimum absolute atomic E-state index is 0.205. The Bertz CT molecular complexity index is 430. The van der Waals surface area contributed by atoms with Crippen LogP contribution in [0, 0.1) is 0 Å². The Balaban J connectivity index is 1.80. The molecule has 0 radical (unpaired) electrons. The first-order chi connectivity index (χ1) is 10.1. The number of aliphatic hydroxyl groups excluding tert-OH is 1. The van der Waals surface area contributed by atoms with E-state index in [-0.39, 0.29) is 18.8 Å². The fourth-order valence-electron chi connectivity index (χ4n) is 2.71. The largest absolute Gasteiger partial charge is 0.493 e. The number of nitrogens with zero attached hydrogens (tertiary/aromatic N) is 1. The number of hydrogen-bond acceptors (Lipinski definition) is 5. The molecule has 0 bridgehead atoms. The molecule has 1 aliphatic rings. The molecule has 118 valence electrons. The predicted molar refractivity (Wildman–Crippen MR) is 80.9 cm³/mol. The summed E-state index contributed by atoms with van der Waals surface area (Å²) in [4.78, 5) is 2.22. The fourth-order valence-corrected chi connectivity index (χ4v) is 2.71. The summed E-state index contributed by atoms with van der Waals surface area (Å²) in [6, 6.07) is 7.45. The molecule has 0 aromatic heterocycles. The second-order valence-corrected chi connectivity index (χ2v) is 5.59. The summed E-state index contributed by atoms with van der Waals surface area (Å²) >= 11 is 0. The first-order valence-electron chi connectivity index (χ1n) is 7.40. The summed E-state index contributed by atoms with van der Waals surface area (Å²) in [7, 11) is 1.61. The smallest absolute Gasteiger partial charge is 0.161 e. The third-order valence-corrected chi connectivity index (χ3v) is 3.46. The maximum atomic E-state index is 10.2.